The Labute approximate surface area is 104 Å². The second kappa shape index (κ2) is 6.42. The molecular formula is C13H24N4. The molecule has 4 nitrogen and oxygen atoms in total. The van der Waals surface area contributed by atoms with Gasteiger partial charge in [0.05, 0.1) is 0 Å². The molecule has 1 unspecified atom stereocenters. The number of nitrogens with one attached hydrogen (secondary N) is 1. The number of aromatic nitrogens is 2. The Morgan fingerprint density at radius 2 is 2.06 bits per heavy atom. The van der Waals surface area contributed by atoms with E-state index < -0.39 is 0 Å². The van der Waals surface area contributed by atoms with E-state index in [0.29, 0.717) is 17.9 Å². The summed E-state index contributed by atoms with van der Waals surface area (Å²) in [5, 5.41) is 3.21. The molecule has 0 aliphatic rings. The number of hydrogen-bond donors (Lipinski definition) is 1. The van der Waals surface area contributed by atoms with Crippen LogP contribution in [-0.2, 0) is 0 Å². The molecule has 4 heteroatoms. The number of rotatable bonds is 6. The Balaban J connectivity index is 2.76. The fourth-order valence-electron chi connectivity index (χ4n) is 1.52. The van der Waals surface area contributed by atoms with Crippen LogP contribution in [0.25, 0.3) is 0 Å². The van der Waals surface area contributed by atoms with Crippen LogP contribution in [0.2, 0.25) is 0 Å². The molecule has 1 aromatic heterocycles. The summed E-state index contributed by atoms with van der Waals surface area (Å²) >= 11 is 0. The van der Waals surface area contributed by atoms with Crippen molar-refractivity contribution < 1.29 is 0 Å². The topological polar surface area (TPSA) is 41.1 Å². The Bertz CT molecular complexity index is 338. The van der Waals surface area contributed by atoms with Gasteiger partial charge >= 0.3 is 0 Å². The van der Waals surface area contributed by atoms with E-state index in [0.717, 1.165) is 18.8 Å². The van der Waals surface area contributed by atoms with Gasteiger partial charge in [-0.15, -0.1) is 0 Å². The Kier molecular flexibility index (Phi) is 5.19. The monoisotopic (exact) mass is 236 g/mol. The highest BCUT2D eigenvalue weighted by Crippen LogP contribution is 2.17. The van der Waals surface area contributed by atoms with Crippen LogP contribution in [-0.4, -0.2) is 29.6 Å². The molecule has 0 fully saturated rings. The molecule has 96 valence electrons. The van der Waals surface area contributed by atoms with E-state index in [2.05, 4.69) is 54.9 Å². The predicted octanol–water partition coefficient (Wildman–Crippen LogP) is 2.78. The molecule has 0 radical (unpaired) electrons. The summed E-state index contributed by atoms with van der Waals surface area (Å²) < 4.78 is 0. The van der Waals surface area contributed by atoms with Crippen LogP contribution in [0, 0.1) is 5.92 Å². The highest BCUT2D eigenvalue weighted by molar-refractivity contribution is 5.42. The minimum atomic E-state index is 0.462. The van der Waals surface area contributed by atoms with Gasteiger partial charge in [-0.2, -0.15) is 4.98 Å². The van der Waals surface area contributed by atoms with Gasteiger partial charge in [0.1, 0.15) is 5.82 Å². The molecule has 0 bridgehead atoms. The fourth-order valence-corrected chi connectivity index (χ4v) is 1.52. The van der Waals surface area contributed by atoms with E-state index in [1.807, 2.05) is 12.3 Å². The van der Waals surface area contributed by atoms with Crippen molar-refractivity contribution in [3.05, 3.63) is 12.3 Å². The lowest BCUT2D eigenvalue weighted by molar-refractivity contribution is 0.502. The quantitative estimate of drug-likeness (QED) is 0.824. The lowest BCUT2D eigenvalue weighted by atomic mass is 10.1. The molecule has 1 rings (SSSR count). The highest BCUT2D eigenvalue weighted by atomic mass is 15.2. The van der Waals surface area contributed by atoms with Crippen molar-refractivity contribution in [1.29, 1.82) is 0 Å². The van der Waals surface area contributed by atoms with E-state index in [1.54, 1.807) is 0 Å². The van der Waals surface area contributed by atoms with Gasteiger partial charge in [-0.05, 0) is 25.3 Å². The molecule has 1 N–H and O–H groups in total. The average Bonchev–Trinajstić information content (AvgIpc) is 2.34. The zero-order chi connectivity index (χ0) is 12.8. The first kappa shape index (κ1) is 13.7. The van der Waals surface area contributed by atoms with E-state index in [-0.39, 0.29) is 0 Å². The van der Waals surface area contributed by atoms with E-state index in [4.69, 9.17) is 0 Å². The summed E-state index contributed by atoms with van der Waals surface area (Å²) in [6.45, 7) is 9.69. The number of anilines is 2. The zero-order valence-corrected chi connectivity index (χ0v) is 11.6. The van der Waals surface area contributed by atoms with Crippen LogP contribution >= 0.6 is 0 Å². The van der Waals surface area contributed by atoms with Gasteiger partial charge in [0.25, 0.3) is 0 Å². The highest BCUT2D eigenvalue weighted by Gasteiger charge is 2.14. The number of hydrogen-bond acceptors (Lipinski definition) is 4. The first-order valence-corrected chi connectivity index (χ1v) is 6.36. The van der Waals surface area contributed by atoms with Crippen LogP contribution in [0.3, 0.4) is 0 Å². The molecule has 1 atom stereocenters. The van der Waals surface area contributed by atoms with Crippen LogP contribution in [0.4, 0.5) is 11.8 Å². The molecule has 0 saturated heterocycles. The molecule has 0 spiro atoms. The Morgan fingerprint density at radius 1 is 1.35 bits per heavy atom. The van der Waals surface area contributed by atoms with Crippen LogP contribution in [0.5, 0.6) is 0 Å². The third-order valence-corrected chi connectivity index (χ3v) is 3.11. The minimum absolute atomic E-state index is 0.462. The van der Waals surface area contributed by atoms with Gasteiger partial charge in [-0.25, -0.2) is 4.98 Å². The normalized spacial score (nSPS) is 12.6. The number of nitrogens with zero attached hydrogens (tertiary/aromatic N) is 3. The summed E-state index contributed by atoms with van der Waals surface area (Å²) in [4.78, 5) is 10.9. The fraction of sp³-hybridized carbons (Fsp3) is 0.692. The maximum absolute atomic E-state index is 4.52. The summed E-state index contributed by atoms with van der Waals surface area (Å²) in [7, 11) is 2.08. The molecular weight excluding hydrogens is 212 g/mol. The van der Waals surface area contributed by atoms with Crippen molar-refractivity contribution in [3.8, 4) is 0 Å². The zero-order valence-electron chi connectivity index (χ0n) is 11.6. The molecule has 0 amide bonds. The average molecular weight is 236 g/mol. The van der Waals surface area contributed by atoms with Gasteiger partial charge in [-0.3, -0.25) is 0 Å². The standard InChI is InChI=1S/C13H24N4/c1-6-8-14-13-15-9-7-12(16-13)17(5)11(4)10(2)3/h7,9-11H,6,8H2,1-5H3,(H,14,15,16). The first-order valence-electron chi connectivity index (χ1n) is 6.36. The van der Waals surface area contributed by atoms with Crippen molar-refractivity contribution in [1.82, 2.24) is 9.97 Å². The largest absolute Gasteiger partial charge is 0.357 e. The molecule has 1 aromatic rings. The lowest BCUT2D eigenvalue weighted by Crippen LogP contribution is -2.33. The molecule has 17 heavy (non-hydrogen) atoms. The first-order chi connectivity index (χ1) is 8.06. The summed E-state index contributed by atoms with van der Waals surface area (Å²) in [6.07, 6.45) is 2.88. The Hall–Kier alpha value is -1.32. The summed E-state index contributed by atoms with van der Waals surface area (Å²) in [6, 6.07) is 2.42. The maximum atomic E-state index is 4.52. The van der Waals surface area contributed by atoms with Crippen molar-refractivity contribution in [2.45, 2.75) is 40.2 Å². The van der Waals surface area contributed by atoms with Gasteiger partial charge in [0.15, 0.2) is 0 Å². The van der Waals surface area contributed by atoms with Crippen LogP contribution < -0.4 is 10.2 Å². The van der Waals surface area contributed by atoms with Crippen LogP contribution in [0.15, 0.2) is 12.3 Å². The summed E-state index contributed by atoms with van der Waals surface area (Å²) in [5.41, 5.74) is 0. The predicted molar refractivity (Wildman–Crippen MR) is 73.5 cm³/mol. The third kappa shape index (κ3) is 3.88. The van der Waals surface area contributed by atoms with E-state index in [9.17, 15) is 0 Å². The van der Waals surface area contributed by atoms with E-state index in [1.165, 1.54) is 0 Å². The van der Waals surface area contributed by atoms with Crippen LogP contribution in [0.1, 0.15) is 34.1 Å². The molecule has 0 aliphatic carbocycles. The molecule has 0 aromatic carbocycles. The molecule has 1 heterocycles. The van der Waals surface area contributed by atoms with Crippen molar-refractivity contribution >= 4 is 11.8 Å². The second-order valence-electron chi connectivity index (χ2n) is 4.76. The molecule has 0 saturated carbocycles. The summed E-state index contributed by atoms with van der Waals surface area (Å²) in [5.74, 6) is 2.29. The smallest absolute Gasteiger partial charge is 0.224 e. The molecule has 0 aliphatic heterocycles. The maximum Gasteiger partial charge on any atom is 0.224 e. The second-order valence-corrected chi connectivity index (χ2v) is 4.76. The minimum Gasteiger partial charge on any atom is -0.357 e. The van der Waals surface area contributed by atoms with Gasteiger partial charge in [0.2, 0.25) is 5.95 Å². The Morgan fingerprint density at radius 3 is 2.65 bits per heavy atom. The van der Waals surface area contributed by atoms with Gasteiger partial charge < -0.3 is 10.2 Å². The van der Waals surface area contributed by atoms with Gasteiger partial charge in [0, 0.05) is 25.8 Å². The SMILES string of the molecule is CCCNc1nccc(N(C)C(C)C(C)C)n1. The van der Waals surface area contributed by atoms with Crippen molar-refractivity contribution in [3.63, 3.8) is 0 Å². The van der Waals surface area contributed by atoms with Gasteiger partial charge in [-0.1, -0.05) is 20.8 Å². The van der Waals surface area contributed by atoms with E-state index >= 15 is 0 Å². The third-order valence-electron chi connectivity index (χ3n) is 3.11. The van der Waals surface area contributed by atoms with Crippen molar-refractivity contribution in [2.75, 3.05) is 23.8 Å². The lowest BCUT2D eigenvalue weighted by Gasteiger charge is -2.29. The van der Waals surface area contributed by atoms with Crippen molar-refractivity contribution in [2.24, 2.45) is 5.92 Å².